The Kier molecular flexibility index (Phi) is 6.42. The van der Waals surface area contributed by atoms with Crippen molar-refractivity contribution in [3.05, 3.63) is 53.6 Å². The zero-order valence-electron chi connectivity index (χ0n) is 16.7. The van der Waals surface area contributed by atoms with Gasteiger partial charge in [-0.15, -0.1) is 0 Å². The number of Topliss-reactive ketones (excluding diaryl/α,β-unsaturated/α-hetero) is 1. The number of methoxy groups -OCH3 is 1. The van der Waals surface area contributed by atoms with Crippen LogP contribution in [0.25, 0.3) is 0 Å². The van der Waals surface area contributed by atoms with Crippen molar-refractivity contribution in [1.29, 1.82) is 5.26 Å². The van der Waals surface area contributed by atoms with Crippen LogP contribution >= 0.6 is 0 Å². The van der Waals surface area contributed by atoms with Crippen molar-refractivity contribution < 1.29 is 19.1 Å². The maximum absolute atomic E-state index is 12.7. The fourth-order valence-electron chi connectivity index (χ4n) is 2.35. The Balaban J connectivity index is 2.09. The number of anilines is 1. The first-order chi connectivity index (χ1) is 13.2. The molecule has 1 N–H and O–H groups in total. The summed E-state index contributed by atoms with van der Waals surface area (Å²) in [6.07, 6.45) is -0.753. The summed E-state index contributed by atoms with van der Waals surface area (Å²) in [6, 6.07) is 13.5. The van der Waals surface area contributed by atoms with Crippen molar-refractivity contribution in [3.63, 3.8) is 0 Å². The lowest BCUT2D eigenvalue weighted by Gasteiger charge is -2.18. The predicted molar refractivity (Wildman–Crippen MR) is 107 cm³/mol. The summed E-state index contributed by atoms with van der Waals surface area (Å²) < 4.78 is 11.0. The van der Waals surface area contributed by atoms with Gasteiger partial charge in [-0.05, 0) is 43.3 Å². The molecule has 0 fully saturated rings. The highest BCUT2D eigenvalue weighted by Crippen LogP contribution is 2.29. The summed E-state index contributed by atoms with van der Waals surface area (Å²) in [6.45, 7) is 7.14. The number of ketones is 1. The first-order valence-electron chi connectivity index (χ1n) is 8.86. The van der Waals surface area contributed by atoms with Crippen molar-refractivity contribution in [2.24, 2.45) is 5.41 Å². The fourth-order valence-corrected chi connectivity index (χ4v) is 2.35. The maximum atomic E-state index is 12.7. The van der Waals surface area contributed by atoms with E-state index < -0.39 is 11.5 Å². The molecule has 1 amide bonds. The number of nitriles is 1. The highest BCUT2D eigenvalue weighted by molar-refractivity contribution is 6.00. The summed E-state index contributed by atoms with van der Waals surface area (Å²) in [5, 5.41) is 11.8. The van der Waals surface area contributed by atoms with E-state index in [0.717, 1.165) is 0 Å². The van der Waals surface area contributed by atoms with Gasteiger partial charge in [0.25, 0.3) is 0 Å². The smallest absolute Gasteiger partial charge is 0.229 e. The molecule has 0 radical (unpaired) electrons. The summed E-state index contributed by atoms with van der Waals surface area (Å²) in [5.74, 6) is 0.464. The number of carbonyl (C=O) groups is 2. The minimum atomic E-state index is -0.753. The Morgan fingerprint density at radius 1 is 1.07 bits per heavy atom. The van der Waals surface area contributed by atoms with Crippen LogP contribution in [0.15, 0.2) is 42.5 Å². The van der Waals surface area contributed by atoms with Crippen molar-refractivity contribution in [1.82, 2.24) is 0 Å². The molecule has 0 aliphatic carbocycles. The van der Waals surface area contributed by atoms with Gasteiger partial charge in [-0.25, -0.2) is 0 Å². The van der Waals surface area contributed by atoms with Crippen molar-refractivity contribution in [2.75, 3.05) is 12.4 Å². The highest BCUT2D eigenvalue weighted by atomic mass is 16.5. The second kappa shape index (κ2) is 8.57. The van der Waals surface area contributed by atoms with Crippen LogP contribution < -0.4 is 14.8 Å². The van der Waals surface area contributed by atoms with Crippen LogP contribution in [0.4, 0.5) is 5.69 Å². The van der Waals surface area contributed by atoms with Crippen LogP contribution in [-0.2, 0) is 4.79 Å². The lowest BCUT2D eigenvalue weighted by Crippen LogP contribution is -2.27. The Bertz CT molecular complexity index is 906. The van der Waals surface area contributed by atoms with E-state index in [0.29, 0.717) is 28.3 Å². The molecule has 0 bridgehead atoms. The number of nitrogens with zero attached hydrogens (tertiary/aromatic N) is 1. The Morgan fingerprint density at radius 3 is 2.25 bits per heavy atom. The topological polar surface area (TPSA) is 88.4 Å². The number of benzene rings is 2. The molecule has 0 saturated heterocycles. The first kappa shape index (κ1) is 21.0. The monoisotopic (exact) mass is 380 g/mol. The molecule has 146 valence electrons. The minimum Gasteiger partial charge on any atom is -0.493 e. The highest BCUT2D eigenvalue weighted by Gasteiger charge is 2.22. The van der Waals surface area contributed by atoms with Crippen molar-refractivity contribution in [3.8, 4) is 17.6 Å². The zero-order valence-corrected chi connectivity index (χ0v) is 16.7. The molecule has 6 nitrogen and oxygen atoms in total. The molecule has 0 heterocycles. The first-order valence-corrected chi connectivity index (χ1v) is 8.86. The van der Waals surface area contributed by atoms with Gasteiger partial charge in [-0.3, -0.25) is 9.59 Å². The second-order valence-corrected chi connectivity index (χ2v) is 7.38. The summed E-state index contributed by atoms with van der Waals surface area (Å²) in [5.41, 5.74) is 1.03. The zero-order chi connectivity index (χ0) is 20.9. The molecule has 0 unspecified atom stereocenters. The SMILES string of the molecule is COc1cc(C#N)ccc1O[C@@H](C)C(=O)c1ccc(NC(=O)C(C)(C)C)cc1. The van der Waals surface area contributed by atoms with E-state index in [1.54, 1.807) is 49.4 Å². The molecule has 2 aromatic carbocycles. The third-order valence-corrected chi connectivity index (χ3v) is 4.07. The number of nitrogens with one attached hydrogen (secondary N) is 1. The average molecular weight is 380 g/mol. The molecule has 28 heavy (non-hydrogen) atoms. The van der Waals surface area contributed by atoms with Gasteiger partial charge in [0.1, 0.15) is 0 Å². The van der Waals surface area contributed by atoms with E-state index in [9.17, 15) is 9.59 Å². The lowest BCUT2D eigenvalue weighted by molar-refractivity contribution is -0.123. The average Bonchev–Trinajstić information content (AvgIpc) is 2.67. The number of amides is 1. The van der Waals surface area contributed by atoms with E-state index in [1.807, 2.05) is 26.8 Å². The molecular weight excluding hydrogens is 356 g/mol. The van der Waals surface area contributed by atoms with Crippen molar-refractivity contribution in [2.45, 2.75) is 33.8 Å². The largest absolute Gasteiger partial charge is 0.493 e. The minimum absolute atomic E-state index is 0.101. The molecule has 0 aliphatic rings. The van der Waals surface area contributed by atoms with E-state index >= 15 is 0 Å². The van der Waals surface area contributed by atoms with Crippen LogP contribution in [0, 0.1) is 16.7 Å². The molecular formula is C22H24N2O4. The van der Waals surface area contributed by atoms with Crippen LogP contribution in [0.5, 0.6) is 11.5 Å². The molecule has 0 saturated carbocycles. The molecule has 0 spiro atoms. The van der Waals surface area contributed by atoms with Crippen molar-refractivity contribution >= 4 is 17.4 Å². The van der Waals surface area contributed by atoms with Gasteiger partial charge in [-0.2, -0.15) is 5.26 Å². The number of ether oxygens (including phenoxy) is 2. The second-order valence-electron chi connectivity index (χ2n) is 7.38. The van der Waals surface area contributed by atoms with Gasteiger partial charge in [0, 0.05) is 22.7 Å². The van der Waals surface area contributed by atoms with Gasteiger partial charge >= 0.3 is 0 Å². The Morgan fingerprint density at radius 2 is 1.71 bits per heavy atom. The van der Waals surface area contributed by atoms with E-state index in [-0.39, 0.29) is 11.7 Å². The molecule has 0 aromatic heterocycles. The lowest BCUT2D eigenvalue weighted by atomic mass is 9.95. The molecule has 6 heteroatoms. The number of carbonyl (C=O) groups excluding carboxylic acids is 2. The van der Waals surface area contributed by atoms with E-state index in [1.165, 1.54) is 7.11 Å². The molecule has 2 rings (SSSR count). The standard InChI is InChI=1S/C22H24N2O4/c1-14(28-18-11-6-15(13-23)12-19(18)27-5)20(25)16-7-9-17(10-8-16)24-21(26)22(2,3)4/h6-12,14H,1-5H3,(H,24,26)/t14-/m0/s1. The van der Waals surface area contributed by atoms with Gasteiger partial charge < -0.3 is 14.8 Å². The quantitative estimate of drug-likeness (QED) is 0.759. The number of rotatable bonds is 6. The molecule has 2 aromatic rings. The van der Waals surface area contributed by atoms with Crippen LogP contribution in [0.3, 0.4) is 0 Å². The summed E-state index contributed by atoms with van der Waals surface area (Å²) in [7, 11) is 1.47. The normalized spacial score (nSPS) is 11.9. The Labute approximate surface area is 165 Å². The molecule has 0 aliphatic heterocycles. The fraction of sp³-hybridized carbons (Fsp3) is 0.318. The van der Waals surface area contributed by atoms with E-state index in [4.69, 9.17) is 14.7 Å². The third-order valence-electron chi connectivity index (χ3n) is 4.07. The van der Waals surface area contributed by atoms with Gasteiger partial charge in [0.05, 0.1) is 18.7 Å². The van der Waals surface area contributed by atoms with Crippen LogP contribution in [0.1, 0.15) is 43.6 Å². The van der Waals surface area contributed by atoms with Gasteiger partial charge in [0.2, 0.25) is 11.7 Å². The predicted octanol–water partition coefficient (Wildman–Crippen LogP) is 4.20. The van der Waals surface area contributed by atoms with Crippen LogP contribution in [0.2, 0.25) is 0 Å². The molecule has 1 atom stereocenters. The summed E-state index contributed by atoms with van der Waals surface area (Å²) in [4.78, 5) is 24.7. The van der Waals surface area contributed by atoms with E-state index in [2.05, 4.69) is 5.32 Å². The van der Waals surface area contributed by atoms with Crippen LogP contribution in [-0.4, -0.2) is 24.9 Å². The van der Waals surface area contributed by atoms with Gasteiger partial charge in [-0.1, -0.05) is 20.8 Å². The number of hydrogen-bond donors (Lipinski definition) is 1. The number of hydrogen-bond acceptors (Lipinski definition) is 5. The summed E-state index contributed by atoms with van der Waals surface area (Å²) >= 11 is 0. The van der Waals surface area contributed by atoms with Gasteiger partial charge in [0.15, 0.2) is 17.6 Å². The maximum Gasteiger partial charge on any atom is 0.229 e. The third kappa shape index (κ3) is 5.10. The Hall–Kier alpha value is -3.33.